The van der Waals surface area contributed by atoms with Crippen molar-refractivity contribution in [2.24, 2.45) is 0 Å². The number of hydrogen-bond donors (Lipinski definition) is 1. The minimum atomic E-state index is -2.62. The van der Waals surface area contributed by atoms with Crippen LogP contribution in [-0.4, -0.2) is 44.6 Å². The lowest BCUT2D eigenvalue weighted by Crippen LogP contribution is -2.41. The van der Waals surface area contributed by atoms with E-state index in [2.05, 4.69) is 10.3 Å². The lowest BCUT2D eigenvalue weighted by atomic mass is 10.2. The number of hydrogen-bond acceptors (Lipinski definition) is 5. The number of carbonyl (C=O) groups is 2. The standard InChI is InChI=1S/C23H26F2N4O3S/c1-23(2,3)32-22(31)28-12-6-7-14(28)13-29-16-9-5-4-8-15(16)26-21(29)27-20(30)18-11-10-17(33-18)19(24)25/h4-5,8-11,14,19H,6-7,12-13H2,1-3H3,(H,26,27,30)/t14-/m1/s1. The molecule has 33 heavy (non-hydrogen) atoms. The molecule has 4 rings (SSSR count). The van der Waals surface area contributed by atoms with Gasteiger partial charge < -0.3 is 14.2 Å². The summed E-state index contributed by atoms with van der Waals surface area (Å²) in [5.41, 5.74) is 0.903. The minimum absolute atomic E-state index is 0.125. The van der Waals surface area contributed by atoms with Crippen LogP contribution >= 0.6 is 11.3 Å². The van der Waals surface area contributed by atoms with Gasteiger partial charge in [-0.2, -0.15) is 0 Å². The number of carbonyl (C=O) groups excluding carboxylic acids is 2. The molecule has 7 nitrogen and oxygen atoms in total. The van der Waals surface area contributed by atoms with Crippen LogP contribution in [0.5, 0.6) is 0 Å². The van der Waals surface area contributed by atoms with E-state index < -0.39 is 17.9 Å². The summed E-state index contributed by atoms with van der Waals surface area (Å²) >= 11 is 0.755. The first kappa shape index (κ1) is 23.2. The van der Waals surface area contributed by atoms with Crippen LogP contribution in [0.15, 0.2) is 36.4 Å². The van der Waals surface area contributed by atoms with Crippen LogP contribution in [0, 0.1) is 0 Å². The number of fused-ring (bicyclic) bond motifs is 1. The zero-order valence-electron chi connectivity index (χ0n) is 18.7. The molecule has 1 saturated heterocycles. The van der Waals surface area contributed by atoms with E-state index in [-0.39, 0.29) is 21.9 Å². The second-order valence-corrected chi connectivity index (χ2v) is 10.1. The van der Waals surface area contributed by atoms with Gasteiger partial charge in [0.1, 0.15) is 5.60 Å². The number of anilines is 1. The second-order valence-electron chi connectivity index (χ2n) is 8.96. The molecule has 10 heteroatoms. The van der Waals surface area contributed by atoms with Crippen molar-refractivity contribution in [3.8, 4) is 0 Å². The van der Waals surface area contributed by atoms with Crippen molar-refractivity contribution in [1.29, 1.82) is 0 Å². The monoisotopic (exact) mass is 476 g/mol. The summed E-state index contributed by atoms with van der Waals surface area (Å²) in [6, 6.07) is 9.97. The fourth-order valence-corrected chi connectivity index (χ4v) is 4.67. The van der Waals surface area contributed by atoms with E-state index in [4.69, 9.17) is 4.74 Å². The summed E-state index contributed by atoms with van der Waals surface area (Å²) in [6.45, 7) is 6.51. The van der Waals surface area contributed by atoms with Crippen molar-refractivity contribution in [2.75, 3.05) is 11.9 Å². The molecule has 1 aliphatic heterocycles. The third-order valence-electron chi connectivity index (χ3n) is 5.34. The highest BCUT2D eigenvalue weighted by atomic mass is 32.1. The number of rotatable bonds is 5. The van der Waals surface area contributed by atoms with Gasteiger partial charge in [0.2, 0.25) is 5.95 Å². The highest BCUT2D eigenvalue weighted by molar-refractivity contribution is 7.14. The molecule has 176 valence electrons. The Balaban J connectivity index is 1.60. The number of imidazole rings is 1. The number of halogens is 2. The number of nitrogens with zero attached hydrogens (tertiary/aromatic N) is 3. The molecule has 0 saturated carbocycles. The van der Waals surface area contributed by atoms with E-state index in [0.29, 0.717) is 24.6 Å². The average Bonchev–Trinajstić information content (AvgIpc) is 3.46. The van der Waals surface area contributed by atoms with Gasteiger partial charge in [-0.1, -0.05) is 12.1 Å². The maximum absolute atomic E-state index is 12.9. The van der Waals surface area contributed by atoms with Gasteiger partial charge >= 0.3 is 6.09 Å². The first-order valence-corrected chi connectivity index (χ1v) is 11.6. The lowest BCUT2D eigenvalue weighted by molar-refractivity contribution is 0.0215. The molecule has 3 heterocycles. The number of thiophene rings is 1. The predicted octanol–water partition coefficient (Wildman–Crippen LogP) is 5.69. The van der Waals surface area contributed by atoms with Crippen LogP contribution in [0.2, 0.25) is 0 Å². The van der Waals surface area contributed by atoms with Gasteiger partial charge in [-0.05, 0) is 57.9 Å². The zero-order chi connectivity index (χ0) is 23.8. The number of alkyl halides is 2. The molecule has 1 aromatic carbocycles. The normalized spacial score (nSPS) is 16.5. The number of para-hydroxylation sites is 2. The topological polar surface area (TPSA) is 76.5 Å². The first-order chi connectivity index (χ1) is 15.6. The van der Waals surface area contributed by atoms with Gasteiger partial charge in [0, 0.05) is 13.1 Å². The second kappa shape index (κ2) is 9.09. The number of amides is 2. The van der Waals surface area contributed by atoms with Crippen molar-refractivity contribution in [3.05, 3.63) is 46.2 Å². The van der Waals surface area contributed by atoms with Crippen molar-refractivity contribution < 1.29 is 23.1 Å². The number of benzene rings is 1. The molecular formula is C23H26F2N4O3S. The number of aromatic nitrogens is 2. The third kappa shape index (κ3) is 5.16. The minimum Gasteiger partial charge on any atom is -0.444 e. The number of ether oxygens (including phenoxy) is 1. The number of nitrogens with one attached hydrogen (secondary N) is 1. The molecule has 1 aliphatic rings. The van der Waals surface area contributed by atoms with Gasteiger partial charge in [0.25, 0.3) is 12.3 Å². The Hall–Kier alpha value is -3.01. The maximum Gasteiger partial charge on any atom is 0.410 e. The molecule has 2 amide bonds. The lowest BCUT2D eigenvalue weighted by Gasteiger charge is -2.29. The predicted molar refractivity (Wildman–Crippen MR) is 123 cm³/mol. The van der Waals surface area contributed by atoms with E-state index in [0.717, 1.165) is 29.7 Å². The van der Waals surface area contributed by atoms with Gasteiger partial charge in [0.15, 0.2) is 0 Å². The number of likely N-dealkylation sites (tertiary alicyclic amines) is 1. The van der Waals surface area contributed by atoms with Gasteiger partial charge in [-0.3, -0.25) is 10.1 Å². The Morgan fingerprint density at radius 2 is 2.00 bits per heavy atom. The van der Waals surface area contributed by atoms with Crippen LogP contribution in [-0.2, 0) is 11.3 Å². The van der Waals surface area contributed by atoms with Crippen LogP contribution in [0.1, 0.15) is 54.6 Å². The van der Waals surface area contributed by atoms with Crippen LogP contribution in [0.4, 0.5) is 19.5 Å². The van der Waals surface area contributed by atoms with E-state index in [9.17, 15) is 18.4 Å². The van der Waals surface area contributed by atoms with Crippen LogP contribution in [0.3, 0.4) is 0 Å². The summed E-state index contributed by atoms with van der Waals surface area (Å²) in [5, 5.41) is 2.77. The van der Waals surface area contributed by atoms with E-state index in [1.54, 1.807) is 4.90 Å². The van der Waals surface area contributed by atoms with Gasteiger partial charge in [0.05, 0.1) is 26.8 Å². The average molecular weight is 477 g/mol. The van der Waals surface area contributed by atoms with Crippen LogP contribution < -0.4 is 5.32 Å². The Kier molecular flexibility index (Phi) is 6.38. The third-order valence-corrected chi connectivity index (χ3v) is 6.44. The zero-order valence-corrected chi connectivity index (χ0v) is 19.5. The van der Waals surface area contributed by atoms with Crippen molar-refractivity contribution >= 4 is 40.3 Å². The molecule has 1 atom stereocenters. The Labute approximate surface area is 194 Å². The highest BCUT2D eigenvalue weighted by Crippen LogP contribution is 2.29. The molecule has 0 bridgehead atoms. The van der Waals surface area contributed by atoms with E-state index >= 15 is 0 Å². The first-order valence-electron chi connectivity index (χ1n) is 10.8. The Morgan fingerprint density at radius 3 is 2.70 bits per heavy atom. The quantitative estimate of drug-likeness (QED) is 0.514. The summed E-state index contributed by atoms with van der Waals surface area (Å²) in [5.74, 6) is -0.192. The van der Waals surface area contributed by atoms with E-state index in [1.165, 1.54) is 12.1 Å². The SMILES string of the molecule is CC(C)(C)OC(=O)N1CCC[C@@H]1Cn1c(NC(=O)c2ccc(C(F)F)s2)nc2ccccc21. The Bertz CT molecular complexity index is 1170. The summed E-state index contributed by atoms with van der Waals surface area (Å²) in [4.78, 5) is 31.8. The van der Waals surface area contributed by atoms with Crippen molar-refractivity contribution in [1.82, 2.24) is 14.5 Å². The summed E-state index contributed by atoms with van der Waals surface area (Å²) in [6.07, 6.45) is -1.34. The van der Waals surface area contributed by atoms with Gasteiger partial charge in [-0.25, -0.2) is 18.6 Å². The van der Waals surface area contributed by atoms with E-state index in [1.807, 2.05) is 49.6 Å². The van der Waals surface area contributed by atoms with Crippen molar-refractivity contribution in [3.63, 3.8) is 0 Å². The molecule has 0 spiro atoms. The molecule has 3 aromatic rings. The molecule has 0 unspecified atom stereocenters. The summed E-state index contributed by atoms with van der Waals surface area (Å²) in [7, 11) is 0. The molecule has 0 aliphatic carbocycles. The molecule has 2 aromatic heterocycles. The van der Waals surface area contributed by atoms with Crippen molar-refractivity contribution in [2.45, 2.75) is 58.2 Å². The molecule has 1 N–H and O–H groups in total. The fraction of sp³-hybridized carbons (Fsp3) is 0.435. The Morgan fingerprint density at radius 1 is 1.24 bits per heavy atom. The molecule has 1 fully saturated rings. The molecular weight excluding hydrogens is 450 g/mol. The largest absolute Gasteiger partial charge is 0.444 e. The van der Waals surface area contributed by atoms with Crippen LogP contribution in [0.25, 0.3) is 11.0 Å². The maximum atomic E-state index is 12.9. The van der Waals surface area contributed by atoms with Gasteiger partial charge in [-0.15, -0.1) is 11.3 Å². The smallest absolute Gasteiger partial charge is 0.410 e. The molecule has 0 radical (unpaired) electrons. The fourth-order valence-electron chi connectivity index (χ4n) is 3.91. The highest BCUT2D eigenvalue weighted by Gasteiger charge is 2.33. The summed E-state index contributed by atoms with van der Waals surface area (Å²) < 4.78 is 33.3.